The second-order valence-corrected chi connectivity index (χ2v) is 9.06. The molecule has 0 radical (unpaired) electrons. The molecule has 0 N–H and O–H groups in total. The second kappa shape index (κ2) is 11.2. The summed E-state index contributed by atoms with van der Waals surface area (Å²) in [6.45, 7) is 2.50. The second-order valence-electron chi connectivity index (χ2n) is 9.06. The van der Waals surface area contributed by atoms with E-state index in [4.69, 9.17) is 9.84 Å². The molecule has 2 aliphatic rings. The molecule has 9 nitrogen and oxygen atoms in total. The molecule has 0 aliphatic carbocycles. The van der Waals surface area contributed by atoms with Crippen molar-refractivity contribution in [2.24, 2.45) is 5.10 Å². The third-order valence-electron chi connectivity index (χ3n) is 6.79. The quantitative estimate of drug-likeness (QED) is 0.497. The van der Waals surface area contributed by atoms with E-state index in [0.717, 1.165) is 22.6 Å². The molecule has 190 valence electrons. The van der Waals surface area contributed by atoms with Gasteiger partial charge in [0.15, 0.2) is 0 Å². The lowest BCUT2D eigenvalue weighted by Gasteiger charge is -2.34. The summed E-state index contributed by atoms with van der Waals surface area (Å²) >= 11 is 0. The van der Waals surface area contributed by atoms with Crippen molar-refractivity contribution in [3.63, 3.8) is 0 Å². The summed E-state index contributed by atoms with van der Waals surface area (Å²) in [6, 6.07) is 19.2. The van der Waals surface area contributed by atoms with E-state index in [1.165, 1.54) is 0 Å². The van der Waals surface area contributed by atoms with Crippen molar-refractivity contribution in [3.05, 3.63) is 84.2 Å². The summed E-state index contributed by atoms with van der Waals surface area (Å²) in [4.78, 5) is 38.7. The smallest absolute Gasteiger partial charge is 0.243 e. The SMILES string of the molecule is COc1ccc([C@@H]2CC(c3ccccc3)=NN2C(=O)CCC(=O)N2CCN(c3ncccn3)CC2)cc1. The summed E-state index contributed by atoms with van der Waals surface area (Å²) in [7, 11) is 1.63. The Hall–Kier alpha value is -4.27. The first kappa shape index (κ1) is 24.4. The van der Waals surface area contributed by atoms with Crippen LogP contribution in [0.2, 0.25) is 0 Å². The van der Waals surface area contributed by atoms with Gasteiger partial charge in [-0.25, -0.2) is 15.0 Å². The Labute approximate surface area is 216 Å². The maximum atomic E-state index is 13.4. The molecule has 2 aromatic carbocycles. The van der Waals surface area contributed by atoms with Gasteiger partial charge in [-0.2, -0.15) is 5.10 Å². The van der Waals surface area contributed by atoms with Gasteiger partial charge in [0.1, 0.15) is 5.75 Å². The van der Waals surface area contributed by atoms with Gasteiger partial charge in [-0.15, -0.1) is 0 Å². The monoisotopic (exact) mass is 498 g/mol. The highest BCUT2D eigenvalue weighted by Gasteiger charge is 2.33. The van der Waals surface area contributed by atoms with Crippen molar-refractivity contribution in [2.75, 3.05) is 38.2 Å². The molecule has 9 heteroatoms. The number of hydrogen-bond donors (Lipinski definition) is 0. The van der Waals surface area contributed by atoms with Gasteiger partial charge in [0.2, 0.25) is 17.8 Å². The number of nitrogens with zero attached hydrogens (tertiary/aromatic N) is 6. The van der Waals surface area contributed by atoms with Crippen LogP contribution < -0.4 is 9.64 Å². The first-order valence-corrected chi connectivity index (χ1v) is 12.5. The Morgan fingerprint density at radius 3 is 2.22 bits per heavy atom. The third-order valence-corrected chi connectivity index (χ3v) is 6.79. The maximum Gasteiger partial charge on any atom is 0.243 e. The first-order valence-electron chi connectivity index (χ1n) is 12.5. The van der Waals surface area contributed by atoms with E-state index in [1.807, 2.05) is 59.5 Å². The number of carbonyl (C=O) groups excluding carboxylic acids is 2. The van der Waals surface area contributed by atoms with E-state index in [1.54, 1.807) is 30.6 Å². The lowest BCUT2D eigenvalue weighted by molar-refractivity contribution is -0.138. The van der Waals surface area contributed by atoms with Gasteiger partial charge in [-0.05, 0) is 29.3 Å². The number of aromatic nitrogens is 2. The Kier molecular flexibility index (Phi) is 7.39. The van der Waals surface area contributed by atoms with E-state index in [9.17, 15) is 9.59 Å². The minimum atomic E-state index is -0.224. The highest BCUT2D eigenvalue weighted by atomic mass is 16.5. The van der Waals surface area contributed by atoms with Crippen molar-refractivity contribution in [1.82, 2.24) is 19.9 Å². The van der Waals surface area contributed by atoms with Gasteiger partial charge in [0, 0.05) is 57.8 Å². The Morgan fingerprint density at radius 1 is 0.865 bits per heavy atom. The van der Waals surface area contributed by atoms with Crippen LogP contribution >= 0.6 is 0 Å². The van der Waals surface area contributed by atoms with Gasteiger partial charge in [0.25, 0.3) is 0 Å². The van der Waals surface area contributed by atoms with E-state index in [0.29, 0.717) is 38.5 Å². The molecule has 2 aliphatic heterocycles. The van der Waals surface area contributed by atoms with Crippen LogP contribution in [0.5, 0.6) is 5.75 Å². The Morgan fingerprint density at radius 2 is 1.54 bits per heavy atom. The standard InChI is InChI=1S/C28H30N6O3/c1-37-23-10-8-22(9-11-23)25-20-24(21-6-3-2-4-7-21)31-34(25)27(36)13-12-26(35)32-16-18-33(19-17-32)28-29-14-5-15-30-28/h2-11,14-15,25H,12-13,16-20H2,1H3/t25-/m0/s1. The van der Waals surface area contributed by atoms with Crippen LogP contribution in [0.3, 0.4) is 0 Å². The molecule has 2 amide bonds. The molecular formula is C28H30N6O3. The van der Waals surface area contributed by atoms with Crippen molar-refractivity contribution in [3.8, 4) is 5.75 Å². The minimum Gasteiger partial charge on any atom is -0.497 e. The van der Waals surface area contributed by atoms with Crippen molar-refractivity contribution < 1.29 is 14.3 Å². The zero-order valence-electron chi connectivity index (χ0n) is 20.9. The van der Waals surface area contributed by atoms with Crippen LogP contribution in [-0.4, -0.2) is 70.7 Å². The Balaban J connectivity index is 1.23. The fourth-order valence-electron chi connectivity index (χ4n) is 4.73. The predicted molar refractivity (Wildman–Crippen MR) is 140 cm³/mol. The molecule has 0 saturated carbocycles. The number of amides is 2. The molecule has 3 aromatic rings. The zero-order valence-corrected chi connectivity index (χ0v) is 20.9. The molecule has 1 saturated heterocycles. The number of carbonyl (C=O) groups is 2. The van der Waals surface area contributed by atoms with Crippen molar-refractivity contribution in [2.45, 2.75) is 25.3 Å². The molecule has 0 unspecified atom stereocenters. The van der Waals surface area contributed by atoms with Gasteiger partial charge in [-0.1, -0.05) is 42.5 Å². The molecule has 1 aromatic heterocycles. The number of anilines is 1. The highest BCUT2D eigenvalue weighted by Crippen LogP contribution is 2.34. The van der Waals surface area contributed by atoms with Crippen LogP contribution in [-0.2, 0) is 9.59 Å². The number of rotatable bonds is 7. The molecule has 5 rings (SSSR count). The number of piperazine rings is 1. The molecule has 0 bridgehead atoms. The molecule has 37 heavy (non-hydrogen) atoms. The predicted octanol–water partition coefficient (Wildman–Crippen LogP) is 3.29. The number of hydrogen-bond acceptors (Lipinski definition) is 7. The summed E-state index contributed by atoms with van der Waals surface area (Å²) < 4.78 is 5.29. The number of benzene rings is 2. The van der Waals surface area contributed by atoms with Gasteiger partial charge < -0.3 is 14.5 Å². The summed E-state index contributed by atoms with van der Waals surface area (Å²) in [5.41, 5.74) is 2.84. The lowest BCUT2D eigenvalue weighted by atomic mass is 9.98. The molecule has 1 atom stereocenters. The number of methoxy groups -OCH3 is 1. The van der Waals surface area contributed by atoms with Crippen LogP contribution in [0, 0.1) is 0 Å². The topological polar surface area (TPSA) is 91.2 Å². The minimum absolute atomic E-state index is 0.0190. The summed E-state index contributed by atoms with van der Waals surface area (Å²) in [5.74, 6) is 1.26. The lowest BCUT2D eigenvalue weighted by Crippen LogP contribution is -2.49. The van der Waals surface area contributed by atoms with Gasteiger partial charge in [0.05, 0.1) is 18.9 Å². The fraction of sp³-hybridized carbons (Fsp3) is 0.321. The summed E-state index contributed by atoms with van der Waals surface area (Å²) in [5, 5.41) is 6.27. The first-order chi connectivity index (χ1) is 18.1. The van der Waals surface area contributed by atoms with Crippen LogP contribution in [0.25, 0.3) is 0 Å². The fourth-order valence-corrected chi connectivity index (χ4v) is 4.73. The van der Waals surface area contributed by atoms with Crippen LogP contribution in [0.15, 0.2) is 78.2 Å². The maximum absolute atomic E-state index is 13.4. The highest BCUT2D eigenvalue weighted by molar-refractivity contribution is 6.03. The molecule has 0 spiro atoms. The third kappa shape index (κ3) is 5.61. The van der Waals surface area contributed by atoms with E-state index in [-0.39, 0.29) is 30.7 Å². The van der Waals surface area contributed by atoms with Gasteiger partial charge >= 0.3 is 0 Å². The average molecular weight is 499 g/mol. The average Bonchev–Trinajstić information content (AvgIpc) is 3.42. The van der Waals surface area contributed by atoms with Crippen molar-refractivity contribution >= 4 is 23.5 Å². The number of hydrazone groups is 1. The van der Waals surface area contributed by atoms with E-state index < -0.39 is 0 Å². The summed E-state index contributed by atoms with van der Waals surface area (Å²) in [6.07, 6.45) is 4.31. The van der Waals surface area contributed by atoms with Crippen molar-refractivity contribution in [1.29, 1.82) is 0 Å². The normalized spacial score (nSPS) is 17.5. The number of ether oxygens (including phenoxy) is 1. The van der Waals surface area contributed by atoms with Gasteiger partial charge in [-0.3, -0.25) is 9.59 Å². The van der Waals surface area contributed by atoms with Crippen LogP contribution in [0.1, 0.15) is 36.4 Å². The molecule has 1 fully saturated rings. The van der Waals surface area contributed by atoms with E-state index >= 15 is 0 Å². The molecule has 3 heterocycles. The zero-order chi connectivity index (χ0) is 25.6. The Bertz CT molecular complexity index is 1240. The van der Waals surface area contributed by atoms with Crippen LogP contribution in [0.4, 0.5) is 5.95 Å². The van der Waals surface area contributed by atoms with E-state index in [2.05, 4.69) is 14.9 Å². The molecular weight excluding hydrogens is 468 g/mol. The largest absolute Gasteiger partial charge is 0.497 e.